The molecule has 0 saturated heterocycles. The van der Waals surface area contributed by atoms with E-state index in [1.165, 1.54) is 18.3 Å². The molecule has 0 aliphatic heterocycles. The van der Waals surface area contributed by atoms with Crippen LogP contribution >= 0.6 is 45.2 Å². The molecule has 2 aromatic rings. The molecular formula is C15H14I2. The second-order valence-corrected chi connectivity index (χ2v) is 6.56. The molecule has 2 rings (SSSR count). The molecule has 88 valence electrons. The molecule has 0 fully saturated rings. The van der Waals surface area contributed by atoms with Crippen LogP contribution in [0.15, 0.2) is 48.5 Å². The third kappa shape index (κ3) is 3.44. The van der Waals surface area contributed by atoms with Gasteiger partial charge in [-0.3, -0.25) is 0 Å². The van der Waals surface area contributed by atoms with E-state index in [0.717, 1.165) is 6.42 Å². The van der Waals surface area contributed by atoms with E-state index < -0.39 is 0 Å². The normalized spacial score (nSPS) is 12.4. The van der Waals surface area contributed by atoms with Crippen LogP contribution in [-0.2, 0) is 0 Å². The second kappa shape index (κ2) is 6.18. The lowest BCUT2D eigenvalue weighted by molar-refractivity contribution is 0.776. The van der Waals surface area contributed by atoms with Crippen molar-refractivity contribution < 1.29 is 0 Å². The molecule has 0 aliphatic carbocycles. The van der Waals surface area contributed by atoms with Crippen molar-refractivity contribution in [2.45, 2.75) is 19.3 Å². The van der Waals surface area contributed by atoms with Gasteiger partial charge in [-0.15, -0.1) is 0 Å². The van der Waals surface area contributed by atoms with E-state index in [0.29, 0.717) is 5.92 Å². The molecule has 1 unspecified atom stereocenters. The van der Waals surface area contributed by atoms with Crippen molar-refractivity contribution in [3.8, 4) is 0 Å². The quantitative estimate of drug-likeness (QED) is 0.550. The summed E-state index contributed by atoms with van der Waals surface area (Å²) in [5.41, 5.74) is 2.83. The molecule has 0 aromatic heterocycles. The lowest BCUT2D eigenvalue weighted by Crippen LogP contribution is -1.99. The molecule has 0 bridgehead atoms. The van der Waals surface area contributed by atoms with E-state index in [2.05, 4.69) is 101 Å². The van der Waals surface area contributed by atoms with Crippen molar-refractivity contribution in [1.29, 1.82) is 0 Å². The highest BCUT2D eigenvalue weighted by atomic mass is 127. The third-order valence-electron chi connectivity index (χ3n) is 2.93. The van der Waals surface area contributed by atoms with Crippen LogP contribution in [0.25, 0.3) is 0 Å². The van der Waals surface area contributed by atoms with Crippen molar-refractivity contribution in [1.82, 2.24) is 0 Å². The first-order chi connectivity index (χ1) is 8.20. The fourth-order valence-corrected chi connectivity index (χ4v) is 3.01. The Labute approximate surface area is 130 Å². The van der Waals surface area contributed by atoms with Gasteiger partial charge in [-0.1, -0.05) is 31.2 Å². The molecule has 0 spiro atoms. The molecule has 2 aromatic carbocycles. The third-order valence-corrected chi connectivity index (χ3v) is 4.32. The van der Waals surface area contributed by atoms with Crippen molar-refractivity contribution in [3.05, 3.63) is 66.8 Å². The first kappa shape index (κ1) is 13.3. The van der Waals surface area contributed by atoms with Crippen LogP contribution in [0.5, 0.6) is 0 Å². The maximum Gasteiger partial charge on any atom is 0.0133 e. The van der Waals surface area contributed by atoms with Crippen LogP contribution < -0.4 is 0 Å². The molecule has 0 aliphatic rings. The van der Waals surface area contributed by atoms with Crippen LogP contribution in [0, 0.1) is 7.14 Å². The van der Waals surface area contributed by atoms with Gasteiger partial charge in [-0.25, -0.2) is 0 Å². The molecule has 1 atom stereocenters. The maximum absolute atomic E-state index is 2.38. The van der Waals surface area contributed by atoms with Gasteiger partial charge in [0.05, 0.1) is 0 Å². The monoisotopic (exact) mass is 448 g/mol. The summed E-state index contributed by atoms with van der Waals surface area (Å²) in [6.45, 7) is 2.25. The van der Waals surface area contributed by atoms with E-state index >= 15 is 0 Å². The van der Waals surface area contributed by atoms with Crippen molar-refractivity contribution in [2.75, 3.05) is 0 Å². The summed E-state index contributed by atoms with van der Waals surface area (Å²) >= 11 is 4.73. The second-order valence-electron chi connectivity index (χ2n) is 4.07. The van der Waals surface area contributed by atoms with Crippen LogP contribution in [0.4, 0.5) is 0 Å². The zero-order valence-corrected chi connectivity index (χ0v) is 14.0. The van der Waals surface area contributed by atoms with Gasteiger partial charge >= 0.3 is 0 Å². The summed E-state index contributed by atoms with van der Waals surface area (Å²) in [4.78, 5) is 0. The van der Waals surface area contributed by atoms with E-state index in [4.69, 9.17) is 0 Å². The lowest BCUT2D eigenvalue weighted by atomic mass is 9.89. The summed E-state index contributed by atoms with van der Waals surface area (Å²) in [7, 11) is 0. The summed E-state index contributed by atoms with van der Waals surface area (Å²) in [6.07, 6.45) is 1.14. The molecule has 0 N–H and O–H groups in total. The molecule has 0 saturated carbocycles. The molecule has 0 radical (unpaired) electrons. The Bertz CT molecular complexity index is 489. The number of hydrogen-bond donors (Lipinski definition) is 0. The van der Waals surface area contributed by atoms with Gasteiger partial charge < -0.3 is 0 Å². The molecule has 0 amide bonds. The minimum absolute atomic E-state index is 0.515. The summed E-state index contributed by atoms with van der Waals surface area (Å²) in [5.74, 6) is 0.515. The summed E-state index contributed by atoms with van der Waals surface area (Å²) < 4.78 is 2.60. The topological polar surface area (TPSA) is 0 Å². The van der Waals surface area contributed by atoms with Gasteiger partial charge in [-0.2, -0.15) is 0 Å². The van der Waals surface area contributed by atoms with Gasteiger partial charge in [0.1, 0.15) is 0 Å². The van der Waals surface area contributed by atoms with E-state index in [1.54, 1.807) is 0 Å². The number of hydrogen-bond acceptors (Lipinski definition) is 0. The molecule has 0 heterocycles. The Balaban J connectivity index is 2.36. The highest BCUT2D eigenvalue weighted by Gasteiger charge is 2.11. The largest absolute Gasteiger partial charge is 0.0645 e. The first-order valence-corrected chi connectivity index (χ1v) is 7.87. The standard InChI is InChI=1S/C15H14I2/c1-2-15(11-6-8-13(16)9-7-11)12-4-3-5-14(17)10-12/h3-10,15H,2H2,1H3. The van der Waals surface area contributed by atoms with Crippen molar-refractivity contribution >= 4 is 45.2 Å². The first-order valence-electron chi connectivity index (χ1n) is 5.71. The Kier molecular flexibility index (Phi) is 4.85. The molecule has 17 heavy (non-hydrogen) atoms. The van der Waals surface area contributed by atoms with Gasteiger partial charge in [0.2, 0.25) is 0 Å². The average Bonchev–Trinajstić information content (AvgIpc) is 2.33. The maximum atomic E-state index is 2.38. The van der Waals surface area contributed by atoms with Crippen molar-refractivity contribution in [3.63, 3.8) is 0 Å². The minimum Gasteiger partial charge on any atom is -0.0645 e. The molecular weight excluding hydrogens is 434 g/mol. The van der Waals surface area contributed by atoms with E-state index in [1.807, 2.05) is 0 Å². The van der Waals surface area contributed by atoms with Gasteiger partial charge in [-0.05, 0) is 87.0 Å². The predicted molar refractivity (Wildman–Crippen MR) is 90.5 cm³/mol. The molecule has 0 nitrogen and oxygen atoms in total. The summed E-state index contributed by atoms with van der Waals surface area (Å²) in [6, 6.07) is 17.7. The highest BCUT2D eigenvalue weighted by molar-refractivity contribution is 14.1. The van der Waals surface area contributed by atoms with Gasteiger partial charge in [0.25, 0.3) is 0 Å². The van der Waals surface area contributed by atoms with Crippen LogP contribution in [0.1, 0.15) is 30.4 Å². The summed E-state index contributed by atoms with van der Waals surface area (Å²) in [5, 5.41) is 0. The van der Waals surface area contributed by atoms with E-state index in [-0.39, 0.29) is 0 Å². The number of rotatable bonds is 3. The van der Waals surface area contributed by atoms with Gasteiger partial charge in [0.15, 0.2) is 0 Å². The van der Waals surface area contributed by atoms with Crippen molar-refractivity contribution in [2.24, 2.45) is 0 Å². The SMILES string of the molecule is CCC(c1ccc(I)cc1)c1cccc(I)c1. The zero-order chi connectivity index (χ0) is 12.3. The lowest BCUT2D eigenvalue weighted by Gasteiger charge is -2.16. The Morgan fingerprint density at radius 3 is 2.18 bits per heavy atom. The van der Waals surface area contributed by atoms with Crippen LogP contribution in [0.2, 0.25) is 0 Å². The number of halogens is 2. The smallest absolute Gasteiger partial charge is 0.0133 e. The predicted octanol–water partition coefficient (Wildman–Crippen LogP) is 5.44. The highest BCUT2D eigenvalue weighted by Crippen LogP contribution is 2.29. The fraction of sp³-hybridized carbons (Fsp3) is 0.200. The number of benzene rings is 2. The van der Waals surface area contributed by atoms with Crippen LogP contribution in [0.3, 0.4) is 0 Å². The fourth-order valence-electron chi connectivity index (χ4n) is 2.08. The van der Waals surface area contributed by atoms with Gasteiger partial charge in [0, 0.05) is 13.1 Å². The zero-order valence-electron chi connectivity index (χ0n) is 9.66. The van der Waals surface area contributed by atoms with E-state index in [9.17, 15) is 0 Å². The average molecular weight is 448 g/mol. The molecule has 2 heteroatoms. The Morgan fingerprint density at radius 1 is 0.882 bits per heavy atom. The Morgan fingerprint density at radius 2 is 1.59 bits per heavy atom. The van der Waals surface area contributed by atoms with Crippen LogP contribution in [-0.4, -0.2) is 0 Å². The minimum atomic E-state index is 0.515. The Hall–Kier alpha value is -0.100.